The first-order valence-corrected chi connectivity index (χ1v) is 5.87. The lowest BCUT2D eigenvalue weighted by molar-refractivity contribution is -0.128. The number of carbonyl (C=O) groups excluding carboxylic acids is 1. The lowest BCUT2D eigenvalue weighted by Gasteiger charge is -2.20. The van der Waals surface area contributed by atoms with Gasteiger partial charge in [-0.2, -0.15) is 12.6 Å². The molecule has 1 saturated heterocycles. The van der Waals surface area contributed by atoms with Crippen molar-refractivity contribution in [3.8, 4) is 0 Å². The number of rotatable bonds is 3. The molecule has 0 bridgehead atoms. The van der Waals surface area contributed by atoms with Crippen LogP contribution in [0.4, 0.5) is 0 Å². The molecule has 1 aromatic carbocycles. The molecule has 86 valence electrons. The Hall–Kier alpha value is -1.00. The maximum absolute atomic E-state index is 11.5. The molecule has 1 aliphatic rings. The van der Waals surface area contributed by atoms with Crippen LogP contribution in [0.5, 0.6) is 0 Å². The Balaban J connectivity index is 1.98. The zero-order valence-electron chi connectivity index (χ0n) is 8.91. The first kappa shape index (κ1) is 11.5. The van der Waals surface area contributed by atoms with Gasteiger partial charge in [0.1, 0.15) is 0 Å². The topological polar surface area (TPSA) is 40.5 Å². The number of amides is 1. The molecule has 1 amide bonds. The van der Waals surface area contributed by atoms with E-state index < -0.39 is 6.10 Å². The standard InChI is InChI=1S/C12H15NO2S/c14-11(9-4-2-1-3-5-9)8-13-7-10(16)6-12(13)15/h1-5,10-11,14,16H,6-8H2. The molecule has 2 unspecified atom stereocenters. The Bertz CT molecular complexity index is 369. The fourth-order valence-corrected chi connectivity index (χ4v) is 2.27. The molecule has 1 aliphatic heterocycles. The molecular weight excluding hydrogens is 222 g/mol. The maximum Gasteiger partial charge on any atom is 0.223 e. The van der Waals surface area contributed by atoms with Crippen LogP contribution in [0.15, 0.2) is 30.3 Å². The highest BCUT2D eigenvalue weighted by atomic mass is 32.1. The largest absolute Gasteiger partial charge is 0.387 e. The molecule has 4 heteroatoms. The summed E-state index contributed by atoms with van der Waals surface area (Å²) in [6.07, 6.45) is -0.131. The first-order chi connectivity index (χ1) is 7.66. The van der Waals surface area contributed by atoms with Gasteiger partial charge in [0.2, 0.25) is 5.91 Å². The number of hydrogen-bond acceptors (Lipinski definition) is 3. The highest BCUT2D eigenvalue weighted by molar-refractivity contribution is 7.81. The molecule has 1 N–H and O–H groups in total. The lowest BCUT2D eigenvalue weighted by atomic mass is 10.1. The average molecular weight is 237 g/mol. The highest BCUT2D eigenvalue weighted by Crippen LogP contribution is 2.20. The molecule has 0 aromatic heterocycles. The van der Waals surface area contributed by atoms with Crippen LogP contribution in [0.25, 0.3) is 0 Å². The summed E-state index contributed by atoms with van der Waals surface area (Å²) in [5.41, 5.74) is 0.845. The fraction of sp³-hybridized carbons (Fsp3) is 0.417. The average Bonchev–Trinajstić information content (AvgIpc) is 2.59. The number of likely N-dealkylation sites (tertiary alicyclic amines) is 1. The van der Waals surface area contributed by atoms with Crippen molar-refractivity contribution in [3.63, 3.8) is 0 Å². The van der Waals surface area contributed by atoms with Crippen LogP contribution in [-0.4, -0.2) is 34.3 Å². The summed E-state index contributed by atoms with van der Waals surface area (Å²) in [4.78, 5) is 13.2. The second-order valence-electron chi connectivity index (χ2n) is 4.08. The van der Waals surface area contributed by atoms with Gasteiger partial charge in [-0.05, 0) is 5.56 Å². The van der Waals surface area contributed by atoms with E-state index in [9.17, 15) is 9.90 Å². The van der Waals surface area contributed by atoms with E-state index in [1.54, 1.807) is 4.90 Å². The summed E-state index contributed by atoms with van der Waals surface area (Å²) in [5, 5.41) is 10.1. The zero-order chi connectivity index (χ0) is 11.5. The van der Waals surface area contributed by atoms with Crippen molar-refractivity contribution in [2.75, 3.05) is 13.1 Å². The van der Waals surface area contributed by atoms with Crippen molar-refractivity contribution < 1.29 is 9.90 Å². The summed E-state index contributed by atoms with van der Waals surface area (Å²) in [5.74, 6) is 0.0787. The Labute approximate surface area is 100 Å². The molecule has 2 atom stereocenters. The monoisotopic (exact) mass is 237 g/mol. The Kier molecular flexibility index (Phi) is 3.51. The molecule has 1 aromatic rings. The molecule has 0 spiro atoms. The molecule has 0 saturated carbocycles. The van der Waals surface area contributed by atoms with Crippen molar-refractivity contribution in [1.82, 2.24) is 4.90 Å². The third kappa shape index (κ3) is 2.57. The fourth-order valence-electron chi connectivity index (χ4n) is 1.92. The number of benzene rings is 1. The van der Waals surface area contributed by atoms with E-state index in [1.807, 2.05) is 30.3 Å². The van der Waals surface area contributed by atoms with Crippen LogP contribution >= 0.6 is 12.6 Å². The molecule has 1 heterocycles. The van der Waals surface area contributed by atoms with E-state index in [4.69, 9.17) is 0 Å². The van der Waals surface area contributed by atoms with Gasteiger partial charge in [-0.1, -0.05) is 30.3 Å². The minimum Gasteiger partial charge on any atom is -0.387 e. The Morgan fingerprint density at radius 2 is 2.12 bits per heavy atom. The van der Waals surface area contributed by atoms with Crippen molar-refractivity contribution in [1.29, 1.82) is 0 Å². The smallest absolute Gasteiger partial charge is 0.223 e. The first-order valence-electron chi connectivity index (χ1n) is 5.35. The normalized spacial score (nSPS) is 22.5. The second kappa shape index (κ2) is 4.89. The molecule has 2 rings (SSSR count). The molecule has 0 aliphatic carbocycles. The van der Waals surface area contributed by atoms with Crippen LogP contribution in [0.2, 0.25) is 0 Å². The van der Waals surface area contributed by atoms with E-state index >= 15 is 0 Å². The zero-order valence-corrected chi connectivity index (χ0v) is 9.81. The van der Waals surface area contributed by atoms with E-state index in [0.29, 0.717) is 19.5 Å². The van der Waals surface area contributed by atoms with Crippen LogP contribution < -0.4 is 0 Å². The van der Waals surface area contributed by atoms with Gasteiger partial charge >= 0.3 is 0 Å². The van der Waals surface area contributed by atoms with Crippen LogP contribution in [0.3, 0.4) is 0 Å². The molecule has 1 fully saturated rings. The number of aliphatic hydroxyl groups is 1. The van der Waals surface area contributed by atoms with Crippen LogP contribution in [-0.2, 0) is 4.79 Å². The minimum absolute atomic E-state index is 0.0787. The van der Waals surface area contributed by atoms with Crippen molar-refractivity contribution in [2.45, 2.75) is 17.8 Å². The quantitative estimate of drug-likeness (QED) is 0.777. The van der Waals surface area contributed by atoms with Gasteiger partial charge in [-0.15, -0.1) is 0 Å². The summed E-state index contributed by atoms with van der Waals surface area (Å²) in [7, 11) is 0. The predicted molar refractivity (Wildman–Crippen MR) is 65.4 cm³/mol. The SMILES string of the molecule is O=C1CC(S)CN1CC(O)c1ccccc1. The van der Waals surface area contributed by atoms with Gasteiger partial charge in [0.05, 0.1) is 12.6 Å². The third-order valence-corrected chi connectivity index (χ3v) is 3.12. The predicted octanol–water partition coefficient (Wildman–Crippen LogP) is 1.25. The van der Waals surface area contributed by atoms with Gasteiger partial charge in [0.25, 0.3) is 0 Å². The highest BCUT2D eigenvalue weighted by Gasteiger charge is 2.28. The summed E-state index contributed by atoms with van der Waals surface area (Å²) in [6.45, 7) is 0.992. The maximum atomic E-state index is 11.5. The van der Waals surface area contributed by atoms with E-state index in [2.05, 4.69) is 12.6 Å². The van der Waals surface area contributed by atoms with Gasteiger partial charge in [0, 0.05) is 18.2 Å². The molecule has 0 radical (unpaired) electrons. The van der Waals surface area contributed by atoms with Crippen LogP contribution in [0.1, 0.15) is 18.1 Å². The van der Waals surface area contributed by atoms with Crippen molar-refractivity contribution >= 4 is 18.5 Å². The van der Waals surface area contributed by atoms with E-state index in [1.165, 1.54) is 0 Å². The van der Waals surface area contributed by atoms with Crippen LogP contribution in [0, 0.1) is 0 Å². The van der Waals surface area contributed by atoms with Gasteiger partial charge in [0.15, 0.2) is 0 Å². The van der Waals surface area contributed by atoms with E-state index in [-0.39, 0.29) is 11.2 Å². The Morgan fingerprint density at radius 1 is 1.44 bits per heavy atom. The summed E-state index contributed by atoms with van der Waals surface area (Å²) in [6, 6.07) is 9.39. The van der Waals surface area contributed by atoms with Crippen molar-refractivity contribution in [2.24, 2.45) is 0 Å². The minimum atomic E-state index is -0.608. The molecular formula is C12H15NO2S. The Morgan fingerprint density at radius 3 is 2.69 bits per heavy atom. The number of β-amino-alcohol motifs (C(OH)–C–C–N with tert-alkyl or cyclic N) is 1. The number of thiol groups is 1. The second-order valence-corrected chi connectivity index (χ2v) is 4.81. The van der Waals surface area contributed by atoms with Crippen molar-refractivity contribution in [3.05, 3.63) is 35.9 Å². The number of hydrogen-bond donors (Lipinski definition) is 2. The number of carbonyl (C=O) groups is 1. The van der Waals surface area contributed by atoms with Gasteiger partial charge in [-0.3, -0.25) is 4.79 Å². The number of aliphatic hydroxyl groups excluding tert-OH is 1. The lowest BCUT2D eigenvalue weighted by Crippen LogP contribution is -2.30. The third-order valence-electron chi connectivity index (χ3n) is 2.77. The molecule has 3 nitrogen and oxygen atoms in total. The van der Waals surface area contributed by atoms with Gasteiger partial charge < -0.3 is 10.0 Å². The summed E-state index contributed by atoms with van der Waals surface area (Å²) < 4.78 is 0. The molecule has 16 heavy (non-hydrogen) atoms. The van der Waals surface area contributed by atoms with E-state index in [0.717, 1.165) is 5.56 Å². The summed E-state index contributed by atoms with van der Waals surface area (Å²) >= 11 is 4.28. The number of nitrogens with zero attached hydrogens (tertiary/aromatic N) is 1. The van der Waals surface area contributed by atoms with Gasteiger partial charge in [-0.25, -0.2) is 0 Å².